The molecule has 4 atom stereocenters. The molecule has 1 aliphatic carbocycles. The second kappa shape index (κ2) is 21.2. The van der Waals surface area contributed by atoms with Gasteiger partial charge < -0.3 is 39.0 Å². The molecule has 6 aliphatic heterocycles. The van der Waals surface area contributed by atoms with Crippen molar-refractivity contribution in [3.8, 4) is 11.6 Å². The molecule has 4 saturated heterocycles. The number of amides is 1. The number of fused-ring (bicyclic) bond motifs is 4. The third-order valence-corrected chi connectivity index (χ3v) is 19.5. The second-order valence-corrected chi connectivity index (χ2v) is 24.5. The predicted octanol–water partition coefficient (Wildman–Crippen LogP) is 9.33. The summed E-state index contributed by atoms with van der Waals surface area (Å²) >= 11 is 0. The number of benzene rings is 4. The summed E-state index contributed by atoms with van der Waals surface area (Å²) in [6.07, 6.45) is 8.25. The SMILES string of the molecule is Cc1ccccc1[C@@H]1CN([C@H]2CCOc3cc(F)c(F)cc32)CCN1C1CC2(CCN(c3ccc(C(=O)NS(=O)(=O)c4ccc(NCC5CCOCC5)c([N+](=O)[O-])c4)c(N4c5cc6cc[nH]c6nc5O[C@H]5COCC[C@@H]54)c3)CC2)C1. The van der Waals surface area contributed by atoms with E-state index >= 15 is 0 Å². The van der Waals surface area contributed by atoms with Crippen molar-refractivity contribution < 1.29 is 45.9 Å². The predicted molar refractivity (Wildman–Crippen MR) is 296 cm³/mol. The molecule has 5 fully saturated rings. The average Bonchev–Trinajstić information content (AvgIpc) is 3.94. The monoisotopic (exact) mass is 1110 g/mol. The van der Waals surface area contributed by atoms with E-state index in [0.29, 0.717) is 86.1 Å². The van der Waals surface area contributed by atoms with E-state index in [1.807, 2.05) is 24.3 Å². The van der Waals surface area contributed by atoms with Crippen LogP contribution in [0.25, 0.3) is 11.0 Å². The molecule has 1 amide bonds. The smallest absolute Gasteiger partial charge is 0.293 e. The van der Waals surface area contributed by atoms with E-state index in [4.69, 9.17) is 23.9 Å². The zero-order chi connectivity index (χ0) is 54.9. The van der Waals surface area contributed by atoms with E-state index in [1.54, 1.807) is 12.3 Å². The highest BCUT2D eigenvalue weighted by Gasteiger charge is 2.51. The minimum Gasteiger partial charge on any atom is -0.493 e. The van der Waals surface area contributed by atoms with Crippen LogP contribution in [-0.4, -0.2) is 130 Å². The number of piperazine rings is 1. The highest BCUT2D eigenvalue weighted by Crippen LogP contribution is 2.54. The Morgan fingerprint density at radius 1 is 0.863 bits per heavy atom. The van der Waals surface area contributed by atoms with Crippen molar-refractivity contribution in [2.45, 2.75) is 93.5 Å². The molecule has 0 unspecified atom stereocenters. The van der Waals surface area contributed by atoms with Crippen molar-refractivity contribution in [1.82, 2.24) is 24.5 Å². The zero-order valence-electron chi connectivity index (χ0n) is 44.6. The number of carbonyl (C=O) groups is 1. The standard InChI is InChI=1S/C59H65F2N9O9S/c1-36-4-2-3-5-42(36)53-34-67(48-14-25-78-54-30-46(61)45(60)29-44(48)54)20-21-68(53)40-31-59(32-40)15-18-66(19-16-59)39-6-8-43(50(27-39)69-49-13-24-77-35-55(49)79-58-52(69)26-38-10-17-62-56(38)64-58)57(71)65-80(74,75)41-7-9-47(51(28-41)70(72)73)63-33-37-11-22-76-23-12-37/h2-10,17,26-30,37,40,48-49,53,55,63H,11-16,18-25,31-35H2,1H3,(H,62,64)(H,65,71)/t48-,49-,53-,55-/m0/s1. The molecule has 1 spiro atoms. The minimum atomic E-state index is -4.64. The van der Waals surface area contributed by atoms with E-state index < -0.39 is 49.2 Å². The number of halogens is 2. The fourth-order valence-electron chi connectivity index (χ4n) is 13.8. The van der Waals surface area contributed by atoms with Crippen LogP contribution in [0.15, 0.2) is 96.0 Å². The summed E-state index contributed by atoms with van der Waals surface area (Å²) in [5.74, 6) is -1.63. The molecule has 3 N–H and O–H groups in total. The Balaban J connectivity index is 0.762. The number of anilines is 4. The molecule has 7 aliphatic rings. The van der Waals surface area contributed by atoms with Crippen LogP contribution in [0.5, 0.6) is 11.6 Å². The van der Waals surface area contributed by atoms with Crippen molar-refractivity contribution in [2.24, 2.45) is 11.3 Å². The van der Waals surface area contributed by atoms with Gasteiger partial charge in [0, 0.05) is 119 Å². The van der Waals surface area contributed by atoms with Crippen molar-refractivity contribution in [1.29, 1.82) is 0 Å². The molecule has 18 nitrogen and oxygen atoms in total. The molecule has 6 aromatic rings. The van der Waals surface area contributed by atoms with E-state index in [2.05, 4.69) is 65.8 Å². The van der Waals surface area contributed by atoms with Gasteiger partial charge in [-0.1, -0.05) is 24.3 Å². The number of nitrogens with one attached hydrogen (secondary N) is 3. The lowest BCUT2D eigenvalue weighted by molar-refractivity contribution is -0.384. The van der Waals surface area contributed by atoms with Crippen molar-refractivity contribution in [3.63, 3.8) is 0 Å². The Bertz CT molecular complexity index is 3470. The molecule has 80 heavy (non-hydrogen) atoms. The molecule has 4 aromatic carbocycles. The topological polar surface area (TPSA) is 197 Å². The van der Waals surface area contributed by atoms with Gasteiger partial charge in [0.2, 0.25) is 5.88 Å². The number of nitro groups is 1. The number of hydrogen-bond acceptors (Lipinski definition) is 15. The molecular formula is C59H65F2N9O9S. The summed E-state index contributed by atoms with van der Waals surface area (Å²) in [6, 6.07) is 24.2. The van der Waals surface area contributed by atoms with Gasteiger partial charge in [-0.3, -0.25) is 24.7 Å². The Morgan fingerprint density at radius 3 is 2.48 bits per heavy atom. The molecule has 1 saturated carbocycles. The molecule has 0 radical (unpaired) electrons. The first-order valence-electron chi connectivity index (χ1n) is 28.0. The number of ether oxygens (including phenoxy) is 4. The third kappa shape index (κ3) is 9.87. The van der Waals surface area contributed by atoms with Gasteiger partial charge in [-0.25, -0.2) is 21.9 Å². The van der Waals surface area contributed by atoms with E-state index in [0.717, 1.165) is 88.4 Å². The average molecular weight is 1110 g/mol. The molecule has 0 bridgehead atoms. The Hall–Kier alpha value is -6.91. The lowest BCUT2D eigenvalue weighted by atomic mass is 9.59. The van der Waals surface area contributed by atoms with Crippen molar-refractivity contribution >= 4 is 55.4 Å². The molecule has 2 aromatic heterocycles. The Kier molecular flexibility index (Phi) is 13.9. The highest BCUT2D eigenvalue weighted by atomic mass is 32.2. The number of rotatable bonds is 12. The lowest BCUT2D eigenvalue weighted by Crippen LogP contribution is -2.60. The summed E-state index contributed by atoms with van der Waals surface area (Å²) < 4.78 is 83.5. The normalized spacial score (nSPS) is 23.5. The molecule has 8 heterocycles. The van der Waals surface area contributed by atoms with E-state index in [1.165, 1.54) is 35.4 Å². The largest absolute Gasteiger partial charge is 0.493 e. The summed E-state index contributed by atoms with van der Waals surface area (Å²) in [7, 11) is -4.64. The van der Waals surface area contributed by atoms with Gasteiger partial charge in [-0.05, 0) is 123 Å². The maximum absolute atomic E-state index is 14.8. The van der Waals surface area contributed by atoms with Crippen LogP contribution in [0.2, 0.25) is 0 Å². The van der Waals surface area contributed by atoms with Crippen LogP contribution in [0, 0.1) is 40.0 Å². The zero-order valence-corrected chi connectivity index (χ0v) is 45.4. The fourth-order valence-corrected chi connectivity index (χ4v) is 14.8. The Morgan fingerprint density at radius 2 is 1.66 bits per heavy atom. The summed E-state index contributed by atoms with van der Waals surface area (Å²) in [5, 5.41) is 16.3. The van der Waals surface area contributed by atoms with Crippen LogP contribution < -0.4 is 29.3 Å². The van der Waals surface area contributed by atoms with Gasteiger partial charge in [0.05, 0.1) is 40.3 Å². The summed E-state index contributed by atoms with van der Waals surface area (Å²) in [4.78, 5) is 43.7. The summed E-state index contributed by atoms with van der Waals surface area (Å²) in [5.41, 5.74) is 5.83. The van der Waals surface area contributed by atoms with Gasteiger partial charge in [-0.15, -0.1) is 0 Å². The number of aromatic amines is 1. The van der Waals surface area contributed by atoms with Gasteiger partial charge in [0.1, 0.15) is 28.9 Å². The van der Waals surface area contributed by atoms with Crippen molar-refractivity contribution in [3.05, 3.63) is 135 Å². The van der Waals surface area contributed by atoms with Crippen LogP contribution >= 0.6 is 0 Å². The van der Waals surface area contributed by atoms with Gasteiger partial charge in [0.15, 0.2) is 11.6 Å². The van der Waals surface area contributed by atoms with Gasteiger partial charge in [0.25, 0.3) is 21.6 Å². The first kappa shape index (κ1) is 52.5. The van der Waals surface area contributed by atoms with Gasteiger partial charge in [-0.2, -0.15) is 4.98 Å². The number of nitrogens with zero attached hydrogens (tertiary/aromatic N) is 6. The quantitative estimate of drug-likeness (QED) is 0.0774. The number of aromatic nitrogens is 2. The number of sulfonamides is 1. The van der Waals surface area contributed by atoms with Crippen LogP contribution in [0.3, 0.4) is 0 Å². The van der Waals surface area contributed by atoms with Crippen LogP contribution in [-0.2, 0) is 19.5 Å². The highest BCUT2D eigenvalue weighted by molar-refractivity contribution is 7.90. The first-order valence-corrected chi connectivity index (χ1v) is 29.5. The molecule has 420 valence electrons. The molecule has 13 rings (SSSR count). The molecular weight excluding hydrogens is 1050 g/mol. The van der Waals surface area contributed by atoms with E-state index in [9.17, 15) is 32.1 Å². The lowest BCUT2D eigenvalue weighted by Gasteiger charge is -2.59. The van der Waals surface area contributed by atoms with Crippen molar-refractivity contribution in [2.75, 3.05) is 87.4 Å². The minimum absolute atomic E-state index is 0.0796. The number of carbonyl (C=O) groups excluding carboxylic acids is 1. The third-order valence-electron chi connectivity index (χ3n) is 18.2. The number of aryl methyl sites for hydroxylation is 1. The number of hydrogen-bond donors (Lipinski definition) is 3. The van der Waals surface area contributed by atoms with Crippen LogP contribution in [0.1, 0.15) is 90.5 Å². The maximum atomic E-state index is 14.8. The number of nitro benzene ring substituents is 1. The van der Waals surface area contributed by atoms with Crippen LogP contribution in [0.4, 0.5) is 37.2 Å². The number of piperidine rings is 1. The fraction of sp³-hybridized carbons (Fsp3) is 0.458. The summed E-state index contributed by atoms with van der Waals surface area (Å²) in [6.45, 7) is 8.96. The maximum Gasteiger partial charge on any atom is 0.293 e. The molecule has 21 heteroatoms. The first-order chi connectivity index (χ1) is 38.8. The second-order valence-electron chi connectivity index (χ2n) is 22.8. The van der Waals surface area contributed by atoms with Gasteiger partial charge >= 0.3 is 0 Å². The number of H-pyrrole nitrogens is 1. The number of pyridine rings is 1. The van der Waals surface area contributed by atoms with E-state index in [-0.39, 0.29) is 47.3 Å². The Labute approximate surface area is 462 Å².